The molecule has 0 aliphatic carbocycles. The highest BCUT2D eigenvalue weighted by Gasteiger charge is 2.15. The topological polar surface area (TPSA) is 80.9 Å². The zero-order chi connectivity index (χ0) is 17.9. The summed E-state index contributed by atoms with van der Waals surface area (Å²) in [6, 6.07) is 8.07. The van der Waals surface area contributed by atoms with Gasteiger partial charge in [0.15, 0.2) is 5.13 Å². The van der Waals surface area contributed by atoms with Crippen LogP contribution in [0.5, 0.6) is 0 Å². The van der Waals surface area contributed by atoms with Crippen molar-refractivity contribution in [1.29, 1.82) is 0 Å². The van der Waals surface area contributed by atoms with Crippen LogP contribution in [0.3, 0.4) is 0 Å². The number of hydrogen-bond acceptors (Lipinski definition) is 7. The van der Waals surface area contributed by atoms with Gasteiger partial charge in [-0.25, -0.2) is 4.98 Å². The number of thiazole rings is 1. The van der Waals surface area contributed by atoms with Crippen LogP contribution in [0, 0.1) is 0 Å². The maximum atomic E-state index is 11.8. The van der Waals surface area contributed by atoms with E-state index < -0.39 is 0 Å². The van der Waals surface area contributed by atoms with Crippen molar-refractivity contribution in [2.75, 3.05) is 11.1 Å². The van der Waals surface area contributed by atoms with Crippen molar-refractivity contribution in [2.24, 2.45) is 0 Å². The standard InChI is InChI=1S/C17H18N4O2S2/c1-17(2,3)12-6-4-11(5-7-12)14-20-21-16(23-14)25-10-13(22)19-15-18-8-9-24-15/h4-9H,10H2,1-3H3,(H,18,19,22). The van der Waals surface area contributed by atoms with E-state index in [1.54, 1.807) is 11.6 Å². The Labute approximate surface area is 154 Å². The van der Waals surface area contributed by atoms with E-state index in [4.69, 9.17) is 4.42 Å². The van der Waals surface area contributed by atoms with E-state index in [1.165, 1.54) is 28.7 Å². The maximum absolute atomic E-state index is 11.8. The number of nitrogens with zero attached hydrogens (tertiary/aromatic N) is 3. The Kier molecular flexibility index (Phi) is 5.19. The number of carbonyl (C=O) groups excluding carboxylic acids is 1. The van der Waals surface area contributed by atoms with Gasteiger partial charge in [-0.2, -0.15) is 0 Å². The molecule has 0 fully saturated rings. The summed E-state index contributed by atoms with van der Waals surface area (Å²) in [5.41, 5.74) is 2.20. The van der Waals surface area contributed by atoms with Gasteiger partial charge >= 0.3 is 0 Å². The smallest absolute Gasteiger partial charge is 0.277 e. The van der Waals surface area contributed by atoms with Crippen LogP contribution in [-0.4, -0.2) is 26.8 Å². The predicted molar refractivity (Wildman–Crippen MR) is 99.9 cm³/mol. The molecule has 0 atom stereocenters. The third kappa shape index (κ3) is 4.67. The summed E-state index contributed by atoms with van der Waals surface area (Å²) in [6.07, 6.45) is 1.64. The molecule has 0 spiro atoms. The van der Waals surface area contributed by atoms with Crippen molar-refractivity contribution in [3.63, 3.8) is 0 Å². The first-order valence-electron chi connectivity index (χ1n) is 7.68. The monoisotopic (exact) mass is 374 g/mol. The SMILES string of the molecule is CC(C)(C)c1ccc(-c2nnc(SCC(=O)Nc3nccs3)o2)cc1. The molecule has 2 heterocycles. The first kappa shape index (κ1) is 17.6. The molecule has 1 aromatic carbocycles. The summed E-state index contributed by atoms with van der Waals surface area (Å²) in [4.78, 5) is 15.8. The number of benzene rings is 1. The Morgan fingerprint density at radius 2 is 2.00 bits per heavy atom. The number of rotatable bonds is 5. The minimum atomic E-state index is -0.158. The Morgan fingerprint density at radius 3 is 2.64 bits per heavy atom. The first-order chi connectivity index (χ1) is 11.9. The maximum Gasteiger partial charge on any atom is 0.277 e. The first-order valence-corrected chi connectivity index (χ1v) is 9.55. The second-order valence-electron chi connectivity index (χ2n) is 6.37. The second kappa shape index (κ2) is 7.37. The summed E-state index contributed by atoms with van der Waals surface area (Å²) in [6.45, 7) is 6.50. The number of hydrogen-bond donors (Lipinski definition) is 1. The van der Waals surface area contributed by atoms with Gasteiger partial charge in [0.25, 0.3) is 5.22 Å². The van der Waals surface area contributed by atoms with Gasteiger partial charge in [-0.1, -0.05) is 44.7 Å². The lowest BCUT2D eigenvalue weighted by atomic mass is 9.87. The number of thioether (sulfide) groups is 1. The van der Waals surface area contributed by atoms with Crippen molar-refractivity contribution in [3.05, 3.63) is 41.4 Å². The molecule has 25 heavy (non-hydrogen) atoms. The largest absolute Gasteiger partial charge is 0.411 e. The van der Waals surface area contributed by atoms with Gasteiger partial charge in [0.2, 0.25) is 11.8 Å². The Balaban J connectivity index is 1.59. The molecule has 0 saturated carbocycles. The molecule has 8 heteroatoms. The van der Waals surface area contributed by atoms with Gasteiger partial charge in [-0.3, -0.25) is 4.79 Å². The summed E-state index contributed by atoms with van der Waals surface area (Å²) in [5, 5.41) is 13.5. The van der Waals surface area contributed by atoms with E-state index in [9.17, 15) is 4.79 Å². The highest BCUT2D eigenvalue weighted by atomic mass is 32.2. The Morgan fingerprint density at radius 1 is 1.24 bits per heavy atom. The van der Waals surface area contributed by atoms with Gasteiger partial charge in [-0.15, -0.1) is 21.5 Å². The fourth-order valence-electron chi connectivity index (χ4n) is 2.07. The van der Waals surface area contributed by atoms with Crippen LogP contribution in [0.25, 0.3) is 11.5 Å². The normalized spacial score (nSPS) is 11.5. The molecule has 0 bridgehead atoms. The second-order valence-corrected chi connectivity index (χ2v) is 8.20. The van der Waals surface area contributed by atoms with Crippen LogP contribution >= 0.6 is 23.1 Å². The molecule has 1 amide bonds. The zero-order valence-corrected chi connectivity index (χ0v) is 15.8. The van der Waals surface area contributed by atoms with Gasteiger partial charge in [0.1, 0.15) is 0 Å². The number of anilines is 1. The lowest BCUT2D eigenvalue weighted by molar-refractivity contribution is -0.113. The third-order valence-electron chi connectivity index (χ3n) is 3.41. The minimum Gasteiger partial charge on any atom is -0.411 e. The highest BCUT2D eigenvalue weighted by molar-refractivity contribution is 7.99. The van der Waals surface area contributed by atoms with Crippen molar-refractivity contribution in [3.8, 4) is 11.5 Å². The van der Waals surface area contributed by atoms with Crippen molar-refractivity contribution >= 4 is 34.1 Å². The molecule has 0 unspecified atom stereocenters. The van der Waals surface area contributed by atoms with Crippen LogP contribution in [0.4, 0.5) is 5.13 Å². The number of carbonyl (C=O) groups is 1. The van der Waals surface area contributed by atoms with Crippen LogP contribution in [-0.2, 0) is 10.2 Å². The Hall–Kier alpha value is -2.19. The lowest BCUT2D eigenvalue weighted by Crippen LogP contribution is -2.13. The fraction of sp³-hybridized carbons (Fsp3) is 0.294. The molecular weight excluding hydrogens is 356 g/mol. The molecule has 0 aliphatic heterocycles. The van der Waals surface area contributed by atoms with Crippen LogP contribution in [0.1, 0.15) is 26.3 Å². The quantitative estimate of drug-likeness (QED) is 0.674. The summed E-state index contributed by atoms with van der Waals surface area (Å²) >= 11 is 2.57. The van der Waals surface area contributed by atoms with Gasteiger partial charge in [0, 0.05) is 17.1 Å². The minimum absolute atomic E-state index is 0.0964. The highest BCUT2D eigenvalue weighted by Crippen LogP contribution is 2.27. The van der Waals surface area contributed by atoms with E-state index in [0.717, 1.165) is 5.56 Å². The van der Waals surface area contributed by atoms with Gasteiger partial charge < -0.3 is 9.73 Å². The third-order valence-corrected chi connectivity index (χ3v) is 4.92. The summed E-state index contributed by atoms with van der Waals surface area (Å²) < 4.78 is 5.63. The number of nitrogens with one attached hydrogen (secondary N) is 1. The van der Waals surface area contributed by atoms with Crippen molar-refractivity contribution < 1.29 is 9.21 Å². The van der Waals surface area contributed by atoms with Crippen molar-refractivity contribution in [1.82, 2.24) is 15.2 Å². The van der Waals surface area contributed by atoms with E-state index in [0.29, 0.717) is 16.2 Å². The zero-order valence-electron chi connectivity index (χ0n) is 14.1. The predicted octanol–water partition coefficient (Wildman–Crippen LogP) is 4.22. The van der Waals surface area contributed by atoms with E-state index in [-0.39, 0.29) is 17.1 Å². The molecule has 1 N–H and O–H groups in total. The molecule has 0 radical (unpaired) electrons. The van der Waals surface area contributed by atoms with Crippen LogP contribution in [0.15, 0.2) is 45.5 Å². The number of aromatic nitrogens is 3. The van der Waals surface area contributed by atoms with Crippen LogP contribution in [0.2, 0.25) is 0 Å². The molecule has 0 saturated heterocycles. The molecule has 3 rings (SSSR count). The molecule has 2 aromatic heterocycles. The van der Waals surface area contributed by atoms with Gasteiger partial charge in [-0.05, 0) is 23.1 Å². The molecule has 130 valence electrons. The molecule has 6 nitrogen and oxygen atoms in total. The molecule has 0 aliphatic rings. The molecular formula is C17H18N4O2S2. The molecule has 3 aromatic rings. The van der Waals surface area contributed by atoms with E-state index in [1.807, 2.05) is 12.1 Å². The average molecular weight is 374 g/mol. The Bertz CT molecular complexity index is 836. The summed E-state index contributed by atoms with van der Waals surface area (Å²) in [7, 11) is 0. The number of amides is 1. The van der Waals surface area contributed by atoms with E-state index in [2.05, 4.69) is 53.4 Å². The van der Waals surface area contributed by atoms with E-state index >= 15 is 0 Å². The summed E-state index contributed by atoms with van der Waals surface area (Å²) in [5.74, 6) is 0.474. The van der Waals surface area contributed by atoms with Crippen LogP contribution < -0.4 is 5.32 Å². The van der Waals surface area contributed by atoms with Gasteiger partial charge in [0.05, 0.1) is 5.75 Å². The lowest BCUT2D eigenvalue weighted by Gasteiger charge is -2.18. The van der Waals surface area contributed by atoms with Crippen molar-refractivity contribution in [2.45, 2.75) is 31.4 Å². The average Bonchev–Trinajstić information content (AvgIpc) is 3.24. The fourth-order valence-corrected chi connectivity index (χ4v) is 3.17.